The van der Waals surface area contributed by atoms with E-state index < -0.39 is 23.3 Å². The molecule has 4 N–H and O–H groups in total. The number of hydrogen-bond donors (Lipinski definition) is 4. The molecule has 1 heterocycles. The molecule has 19 heavy (non-hydrogen) atoms. The minimum Gasteiger partial charge on any atom is -0.481 e. The average molecular weight is 271 g/mol. The molecule has 8 heteroatoms. The lowest BCUT2D eigenvalue weighted by Gasteiger charge is -2.18. The molecule has 0 radical (unpaired) electrons. The topological polar surface area (TPSA) is 125 Å². The number of amides is 4. The number of aliphatic carboxylic acids is 1. The molecule has 106 valence electrons. The second-order valence-corrected chi connectivity index (χ2v) is 5.09. The summed E-state index contributed by atoms with van der Waals surface area (Å²) in [5.41, 5.74) is -1.24. The van der Waals surface area contributed by atoms with E-state index in [1.54, 1.807) is 0 Å². The standard InChI is InChI=1S/C11H17N3O5/c1-11(2,9(17)18)4-8(16)14-10(19)13-6-3-7(15)12-5-6/h6H,3-5H2,1-2H3,(H,12,15)(H,17,18)(H2,13,14,16,19). The van der Waals surface area contributed by atoms with E-state index in [2.05, 4.69) is 10.6 Å². The van der Waals surface area contributed by atoms with E-state index in [1.807, 2.05) is 5.32 Å². The fraction of sp³-hybridized carbons (Fsp3) is 0.636. The van der Waals surface area contributed by atoms with Gasteiger partial charge in [-0.15, -0.1) is 0 Å². The Kier molecular flexibility index (Phi) is 4.47. The summed E-state index contributed by atoms with van der Waals surface area (Å²) in [4.78, 5) is 44.7. The van der Waals surface area contributed by atoms with E-state index in [1.165, 1.54) is 13.8 Å². The van der Waals surface area contributed by atoms with Crippen LogP contribution in [0.2, 0.25) is 0 Å². The lowest BCUT2D eigenvalue weighted by atomic mass is 9.89. The molecule has 0 aromatic carbocycles. The predicted octanol–water partition coefficient (Wildman–Crippen LogP) is -0.798. The van der Waals surface area contributed by atoms with E-state index in [9.17, 15) is 19.2 Å². The van der Waals surface area contributed by atoms with E-state index in [0.717, 1.165) is 0 Å². The third kappa shape index (κ3) is 4.57. The Morgan fingerprint density at radius 3 is 2.53 bits per heavy atom. The van der Waals surface area contributed by atoms with Gasteiger partial charge in [0, 0.05) is 19.4 Å². The normalized spacial score (nSPS) is 18.6. The summed E-state index contributed by atoms with van der Waals surface area (Å²) in [6.07, 6.45) is -0.139. The summed E-state index contributed by atoms with van der Waals surface area (Å²) in [6, 6.07) is -1.08. The van der Waals surface area contributed by atoms with Gasteiger partial charge in [0.15, 0.2) is 0 Å². The molecule has 1 aliphatic rings. The van der Waals surface area contributed by atoms with Crippen LogP contribution in [0.5, 0.6) is 0 Å². The second kappa shape index (κ2) is 5.68. The quantitative estimate of drug-likeness (QED) is 0.533. The first kappa shape index (κ1) is 14.9. The Balaban J connectivity index is 2.38. The van der Waals surface area contributed by atoms with E-state index in [0.29, 0.717) is 6.54 Å². The van der Waals surface area contributed by atoms with Crippen molar-refractivity contribution in [2.24, 2.45) is 5.41 Å². The molecular weight excluding hydrogens is 254 g/mol. The van der Waals surface area contributed by atoms with Crippen LogP contribution >= 0.6 is 0 Å². The van der Waals surface area contributed by atoms with Crippen LogP contribution in [0.15, 0.2) is 0 Å². The summed E-state index contributed by atoms with van der Waals surface area (Å²) in [5.74, 6) is -1.96. The van der Waals surface area contributed by atoms with Crippen molar-refractivity contribution in [3.05, 3.63) is 0 Å². The van der Waals surface area contributed by atoms with Crippen molar-refractivity contribution in [2.75, 3.05) is 6.54 Å². The number of nitrogens with one attached hydrogen (secondary N) is 3. The molecule has 0 saturated carbocycles. The van der Waals surface area contributed by atoms with Gasteiger partial charge in [-0.3, -0.25) is 19.7 Å². The van der Waals surface area contributed by atoms with Crippen molar-refractivity contribution >= 4 is 23.8 Å². The summed E-state index contributed by atoms with van der Waals surface area (Å²) < 4.78 is 0. The largest absolute Gasteiger partial charge is 0.481 e. The average Bonchev–Trinajstić information content (AvgIpc) is 2.61. The minimum absolute atomic E-state index is 0.163. The van der Waals surface area contributed by atoms with E-state index >= 15 is 0 Å². The number of imide groups is 1. The van der Waals surface area contributed by atoms with Gasteiger partial charge in [-0.05, 0) is 13.8 Å². The van der Waals surface area contributed by atoms with Gasteiger partial charge >= 0.3 is 12.0 Å². The molecule has 1 rings (SSSR count). The number of carbonyl (C=O) groups excluding carboxylic acids is 3. The molecule has 0 spiro atoms. The highest BCUT2D eigenvalue weighted by Crippen LogP contribution is 2.19. The maximum Gasteiger partial charge on any atom is 0.321 e. The molecule has 1 aliphatic heterocycles. The van der Waals surface area contributed by atoms with E-state index in [-0.39, 0.29) is 24.8 Å². The number of hydrogen-bond acceptors (Lipinski definition) is 4. The van der Waals surface area contributed by atoms with Crippen molar-refractivity contribution in [3.63, 3.8) is 0 Å². The monoisotopic (exact) mass is 271 g/mol. The van der Waals surface area contributed by atoms with Gasteiger partial charge in [0.25, 0.3) is 0 Å². The zero-order valence-corrected chi connectivity index (χ0v) is 10.8. The molecular formula is C11H17N3O5. The molecule has 0 aromatic rings. The number of carbonyl (C=O) groups is 4. The number of rotatable bonds is 4. The highest BCUT2D eigenvalue weighted by Gasteiger charge is 2.31. The minimum atomic E-state index is -1.24. The Morgan fingerprint density at radius 1 is 1.42 bits per heavy atom. The van der Waals surface area contributed by atoms with Crippen molar-refractivity contribution in [1.29, 1.82) is 0 Å². The fourth-order valence-electron chi connectivity index (χ4n) is 1.58. The van der Waals surface area contributed by atoms with Gasteiger partial charge in [0.2, 0.25) is 11.8 Å². The summed E-state index contributed by atoms with van der Waals surface area (Å²) >= 11 is 0. The van der Waals surface area contributed by atoms with Gasteiger partial charge in [0.05, 0.1) is 11.5 Å². The van der Waals surface area contributed by atoms with Crippen molar-refractivity contribution in [3.8, 4) is 0 Å². The van der Waals surface area contributed by atoms with Crippen LogP contribution in [0.1, 0.15) is 26.7 Å². The van der Waals surface area contributed by atoms with Gasteiger partial charge in [0.1, 0.15) is 0 Å². The Hall–Kier alpha value is -2.12. The number of urea groups is 1. The van der Waals surface area contributed by atoms with Gasteiger partial charge in [-0.2, -0.15) is 0 Å². The van der Waals surface area contributed by atoms with Crippen molar-refractivity contribution < 1.29 is 24.3 Å². The third-order valence-electron chi connectivity index (χ3n) is 2.75. The maximum absolute atomic E-state index is 11.5. The van der Waals surface area contributed by atoms with Crippen LogP contribution in [-0.2, 0) is 14.4 Å². The summed E-state index contributed by atoms with van der Waals surface area (Å²) in [6.45, 7) is 3.11. The van der Waals surface area contributed by atoms with Crippen LogP contribution in [0, 0.1) is 5.41 Å². The summed E-state index contributed by atoms with van der Waals surface area (Å²) in [5, 5.41) is 15.9. The third-order valence-corrected chi connectivity index (χ3v) is 2.75. The molecule has 1 fully saturated rings. The molecule has 0 aliphatic carbocycles. The SMILES string of the molecule is CC(C)(CC(=O)NC(=O)NC1CNC(=O)C1)C(=O)O. The van der Waals surface area contributed by atoms with Gasteiger partial charge in [-0.25, -0.2) is 4.79 Å². The molecule has 1 saturated heterocycles. The smallest absolute Gasteiger partial charge is 0.321 e. The van der Waals surface area contributed by atoms with E-state index in [4.69, 9.17) is 5.11 Å². The van der Waals surface area contributed by atoms with Crippen LogP contribution in [0.25, 0.3) is 0 Å². The van der Waals surface area contributed by atoms with Crippen LogP contribution in [0.3, 0.4) is 0 Å². The molecule has 1 atom stereocenters. The number of carboxylic acid groups (broad SMARTS) is 1. The first-order chi connectivity index (χ1) is 8.70. The van der Waals surface area contributed by atoms with Crippen LogP contribution < -0.4 is 16.0 Å². The molecule has 4 amide bonds. The maximum atomic E-state index is 11.5. The van der Waals surface area contributed by atoms with Gasteiger partial charge in [-0.1, -0.05) is 0 Å². The first-order valence-corrected chi connectivity index (χ1v) is 5.81. The molecule has 0 aromatic heterocycles. The molecule has 8 nitrogen and oxygen atoms in total. The predicted molar refractivity (Wildman–Crippen MR) is 64.1 cm³/mol. The fourth-order valence-corrected chi connectivity index (χ4v) is 1.58. The zero-order chi connectivity index (χ0) is 14.6. The Labute approximate surface area is 109 Å². The number of carboxylic acids is 1. The van der Waals surface area contributed by atoms with Crippen molar-refractivity contribution in [1.82, 2.24) is 16.0 Å². The van der Waals surface area contributed by atoms with Crippen molar-refractivity contribution in [2.45, 2.75) is 32.7 Å². The van der Waals surface area contributed by atoms with Crippen LogP contribution in [0.4, 0.5) is 4.79 Å². The van der Waals surface area contributed by atoms with Crippen LogP contribution in [-0.4, -0.2) is 41.5 Å². The Morgan fingerprint density at radius 2 is 2.05 bits per heavy atom. The lowest BCUT2D eigenvalue weighted by molar-refractivity contribution is -0.149. The lowest BCUT2D eigenvalue weighted by Crippen LogP contribution is -2.46. The highest BCUT2D eigenvalue weighted by molar-refractivity contribution is 5.96. The molecule has 0 bridgehead atoms. The molecule has 1 unspecified atom stereocenters. The highest BCUT2D eigenvalue weighted by atomic mass is 16.4. The first-order valence-electron chi connectivity index (χ1n) is 5.81. The zero-order valence-electron chi connectivity index (χ0n) is 10.8. The summed E-state index contributed by atoms with van der Waals surface area (Å²) in [7, 11) is 0. The second-order valence-electron chi connectivity index (χ2n) is 5.09. The Bertz CT molecular complexity index is 419. The van der Waals surface area contributed by atoms with Gasteiger partial charge < -0.3 is 15.7 Å².